The summed E-state index contributed by atoms with van der Waals surface area (Å²) in [6.45, 7) is 4.80. The van der Waals surface area contributed by atoms with E-state index in [9.17, 15) is 4.79 Å². The Bertz CT molecular complexity index is 267. The topological polar surface area (TPSA) is 29.1 Å². The van der Waals surface area contributed by atoms with Crippen molar-refractivity contribution in [2.24, 2.45) is 0 Å². The van der Waals surface area contributed by atoms with Crippen molar-refractivity contribution in [1.82, 2.24) is 5.32 Å². The summed E-state index contributed by atoms with van der Waals surface area (Å²) in [5, 5.41) is 2.83. The monoisotopic (exact) mass is 183 g/mol. The first-order valence-corrected chi connectivity index (χ1v) is 4.90. The standard InChI is InChI=1S/C9H13NOS/c1-3-6-10-9(11)8-5-4-7(2)12-8/h4-5H,3,6H2,1-2H3,(H,10,11). The van der Waals surface area contributed by atoms with Gasteiger partial charge in [0.05, 0.1) is 4.88 Å². The minimum absolute atomic E-state index is 0.0509. The van der Waals surface area contributed by atoms with Crippen LogP contribution in [0.25, 0.3) is 0 Å². The zero-order chi connectivity index (χ0) is 8.97. The number of aryl methyl sites for hydroxylation is 1. The van der Waals surface area contributed by atoms with Crippen molar-refractivity contribution < 1.29 is 4.79 Å². The Balaban J connectivity index is 2.53. The molecule has 0 aliphatic heterocycles. The van der Waals surface area contributed by atoms with Crippen LogP contribution >= 0.6 is 11.3 Å². The van der Waals surface area contributed by atoms with Gasteiger partial charge in [0, 0.05) is 11.4 Å². The smallest absolute Gasteiger partial charge is 0.261 e. The Kier molecular flexibility index (Phi) is 3.29. The lowest BCUT2D eigenvalue weighted by Gasteiger charge is -1.98. The fourth-order valence-corrected chi connectivity index (χ4v) is 1.67. The van der Waals surface area contributed by atoms with E-state index in [2.05, 4.69) is 5.32 Å². The van der Waals surface area contributed by atoms with Crippen LogP contribution in [0.4, 0.5) is 0 Å². The van der Waals surface area contributed by atoms with Gasteiger partial charge in [-0.1, -0.05) is 6.92 Å². The molecule has 1 N–H and O–H groups in total. The summed E-state index contributed by atoms with van der Waals surface area (Å²) in [4.78, 5) is 13.3. The average molecular weight is 183 g/mol. The fraction of sp³-hybridized carbons (Fsp3) is 0.444. The van der Waals surface area contributed by atoms with Gasteiger partial charge in [-0.15, -0.1) is 11.3 Å². The number of nitrogens with one attached hydrogen (secondary N) is 1. The SMILES string of the molecule is CCCNC(=O)c1ccc(C)s1. The summed E-state index contributed by atoms with van der Waals surface area (Å²) in [6, 6.07) is 3.83. The summed E-state index contributed by atoms with van der Waals surface area (Å²) >= 11 is 1.53. The molecule has 0 fully saturated rings. The van der Waals surface area contributed by atoms with Gasteiger partial charge in [-0.3, -0.25) is 4.79 Å². The van der Waals surface area contributed by atoms with E-state index < -0.39 is 0 Å². The Morgan fingerprint density at radius 3 is 2.83 bits per heavy atom. The number of rotatable bonds is 3. The maximum atomic E-state index is 11.3. The largest absolute Gasteiger partial charge is 0.351 e. The minimum Gasteiger partial charge on any atom is -0.351 e. The molecule has 66 valence electrons. The molecule has 0 radical (unpaired) electrons. The van der Waals surface area contributed by atoms with Crippen LogP contribution in [-0.2, 0) is 0 Å². The molecule has 0 spiro atoms. The van der Waals surface area contributed by atoms with Gasteiger partial charge >= 0.3 is 0 Å². The summed E-state index contributed by atoms with van der Waals surface area (Å²) in [5.74, 6) is 0.0509. The van der Waals surface area contributed by atoms with Crippen molar-refractivity contribution in [3.8, 4) is 0 Å². The van der Waals surface area contributed by atoms with E-state index in [0.717, 1.165) is 17.8 Å². The lowest BCUT2D eigenvalue weighted by Crippen LogP contribution is -2.22. The number of thiophene rings is 1. The molecule has 0 atom stereocenters. The maximum absolute atomic E-state index is 11.3. The molecule has 2 nitrogen and oxygen atoms in total. The molecule has 1 aromatic rings. The van der Waals surface area contributed by atoms with Crippen molar-refractivity contribution in [1.29, 1.82) is 0 Å². The van der Waals surface area contributed by atoms with Gasteiger partial charge in [-0.25, -0.2) is 0 Å². The van der Waals surface area contributed by atoms with Crippen LogP contribution in [0, 0.1) is 6.92 Å². The zero-order valence-electron chi connectivity index (χ0n) is 7.39. The zero-order valence-corrected chi connectivity index (χ0v) is 8.20. The molecular weight excluding hydrogens is 170 g/mol. The van der Waals surface area contributed by atoms with E-state index in [1.165, 1.54) is 16.2 Å². The average Bonchev–Trinajstić information content (AvgIpc) is 2.47. The second kappa shape index (κ2) is 4.26. The van der Waals surface area contributed by atoms with Gasteiger partial charge < -0.3 is 5.32 Å². The van der Waals surface area contributed by atoms with E-state index in [0.29, 0.717) is 0 Å². The van der Waals surface area contributed by atoms with Crippen LogP contribution in [0.1, 0.15) is 27.9 Å². The summed E-state index contributed by atoms with van der Waals surface area (Å²) < 4.78 is 0. The Morgan fingerprint density at radius 2 is 2.33 bits per heavy atom. The number of hydrogen-bond donors (Lipinski definition) is 1. The molecule has 0 aliphatic rings. The molecule has 0 aromatic carbocycles. The Morgan fingerprint density at radius 1 is 1.58 bits per heavy atom. The first-order valence-electron chi connectivity index (χ1n) is 4.08. The number of carbonyl (C=O) groups excluding carboxylic acids is 1. The third-order valence-electron chi connectivity index (χ3n) is 1.50. The molecule has 1 amide bonds. The molecule has 1 aromatic heterocycles. The minimum atomic E-state index is 0.0509. The normalized spacial score (nSPS) is 9.83. The molecule has 0 unspecified atom stereocenters. The van der Waals surface area contributed by atoms with Crippen LogP contribution in [0.15, 0.2) is 12.1 Å². The molecule has 12 heavy (non-hydrogen) atoms. The van der Waals surface area contributed by atoms with Crippen molar-refractivity contribution in [2.45, 2.75) is 20.3 Å². The van der Waals surface area contributed by atoms with Crippen molar-refractivity contribution in [2.75, 3.05) is 6.54 Å². The van der Waals surface area contributed by atoms with E-state index in [4.69, 9.17) is 0 Å². The van der Waals surface area contributed by atoms with E-state index >= 15 is 0 Å². The van der Waals surface area contributed by atoms with Gasteiger partial charge in [-0.2, -0.15) is 0 Å². The Labute approximate surface area is 76.6 Å². The van der Waals surface area contributed by atoms with Gasteiger partial charge in [0.15, 0.2) is 0 Å². The highest BCUT2D eigenvalue weighted by Gasteiger charge is 2.05. The summed E-state index contributed by atoms with van der Waals surface area (Å²) in [5.41, 5.74) is 0. The van der Waals surface area contributed by atoms with Crippen LogP contribution in [0.3, 0.4) is 0 Å². The molecular formula is C9H13NOS. The first kappa shape index (κ1) is 9.26. The van der Waals surface area contributed by atoms with Gasteiger partial charge in [0.25, 0.3) is 5.91 Å². The maximum Gasteiger partial charge on any atom is 0.261 e. The highest BCUT2D eigenvalue weighted by atomic mass is 32.1. The van der Waals surface area contributed by atoms with E-state index in [1.807, 2.05) is 26.0 Å². The predicted octanol–water partition coefficient (Wildman–Crippen LogP) is 2.20. The highest BCUT2D eigenvalue weighted by molar-refractivity contribution is 7.13. The molecule has 1 rings (SSSR count). The lowest BCUT2D eigenvalue weighted by molar-refractivity contribution is 0.0957. The van der Waals surface area contributed by atoms with Crippen molar-refractivity contribution >= 4 is 17.2 Å². The van der Waals surface area contributed by atoms with Gasteiger partial charge in [0.1, 0.15) is 0 Å². The fourth-order valence-electron chi connectivity index (χ4n) is 0.882. The summed E-state index contributed by atoms with van der Waals surface area (Å²) in [7, 11) is 0. The van der Waals surface area contributed by atoms with Crippen molar-refractivity contribution in [3.63, 3.8) is 0 Å². The third kappa shape index (κ3) is 2.34. The molecule has 0 saturated heterocycles. The first-order chi connectivity index (χ1) is 5.74. The number of amides is 1. The van der Waals surface area contributed by atoms with Crippen LogP contribution in [-0.4, -0.2) is 12.5 Å². The predicted molar refractivity (Wildman–Crippen MR) is 51.7 cm³/mol. The number of carbonyl (C=O) groups is 1. The Hall–Kier alpha value is -0.830. The van der Waals surface area contributed by atoms with Crippen molar-refractivity contribution in [3.05, 3.63) is 21.9 Å². The van der Waals surface area contributed by atoms with Crippen LogP contribution < -0.4 is 5.32 Å². The molecule has 0 saturated carbocycles. The molecule has 1 heterocycles. The van der Waals surface area contributed by atoms with Gasteiger partial charge in [-0.05, 0) is 25.5 Å². The van der Waals surface area contributed by atoms with E-state index in [-0.39, 0.29) is 5.91 Å². The second-order valence-corrected chi connectivity index (χ2v) is 3.95. The van der Waals surface area contributed by atoms with Gasteiger partial charge in [0.2, 0.25) is 0 Å². The molecule has 3 heteroatoms. The van der Waals surface area contributed by atoms with Crippen LogP contribution in [0.2, 0.25) is 0 Å². The quantitative estimate of drug-likeness (QED) is 0.764. The molecule has 0 aliphatic carbocycles. The highest BCUT2D eigenvalue weighted by Crippen LogP contribution is 2.14. The second-order valence-electron chi connectivity index (χ2n) is 2.67. The van der Waals surface area contributed by atoms with Crippen LogP contribution in [0.5, 0.6) is 0 Å². The molecule has 0 bridgehead atoms. The third-order valence-corrected chi connectivity index (χ3v) is 2.50. The number of hydrogen-bond acceptors (Lipinski definition) is 2. The van der Waals surface area contributed by atoms with E-state index in [1.54, 1.807) is 0 Å². The summed E-state index contributed by atoms with van der Waals surface area (Å²) in [6.07, 6.45) is 0.982. The lowest BCUT2D eigenvalue weighted by atomic mass is 10.4.